The molecule has 0 saturated carbocycles. The quantitative estimate of drug-likeness (QED) is 0.313. The van der Waals surface area contributed by atoms with Crippen LogP contribution < -0.4 is 0 Å². The van der Waals surface area contributed by atoms with Crippen LogP contribution >= 0.6 is 0 Å². The van der Waals surface area contributed by atoms with Crippen LogP contribution in [0.4, 0.5) is 0 Å². The summed E-state index contributed by atoms with van der Waals surface area (Å²) in [7, 11) is 0. The van der Waals surface area contributed by atoms with E-state index in [4.69, 9.17) is 10.7 Å². The molecule has 3 saturated heterocycles. The SMILES string of the molecule is CCCCCCCC[N+]12CCN(CC1)CC2.N#CN=C=[N-]. The Balaban J connectivity index is 0.000000383. The van der Waals surface area contributed by atoms with Gasteiger partial charge in [-0.2, -0.15) is 5.26 Å². The van der Waals surface area contributed by atoms with Gasteiger partial charge in [-0.15, -0.1) is 6.01 Å². The van der Waals surface area contributed by atoms with Crippen LogP contribution in [0, 0.1) is 11.5 Å². The molecule has 0 atom stereocenters. The minimum Gasteiger partial charge on any atom is -0.422 e. The predicted octanol–water partition coefficient (Wildman–Crippen LogP) is 2.70. The molecule has 2 bridgehead atoms. The van der Waals surface area contributed by atoms with Crippen LogP contribution in [-0.2, 0) is 0 Å². The number of hydrogen-bond acceptors (Lipinski definition) is 3. The molecule has 0 spiro atoms. The average molecular weight is 291 g/mol. The second-order valence-electron chi connectivity index (χ2n) is 6.16. The van der Waals surface area contributed by atoms with Gasteiger partial charge in [0.25, 0.3) is 0 Å². The Kier molecular flexibility index (Phi) is 8.93. The molecule has 0 aromatic heterocycles. The summed E-state index contributed by atoms with van der Waals surface area (Å²) in [4.78, 5) is 5.22. The molecule has 0 aliphatic carbocycles. The maximum Gasteiger partial charge on any atom is 0.0925 e. The van der Waals surface area contributed by atoms with Crippen molar-refractivity contribution in [3.05, 3.63) is 5.41 Å². The Morgan fingerprint density at radius 3 is 2.10 bits per heavy atom. The Morgan fingerprint density at radius 2 is 1.62 bits per heavy atom. The van der Waals surface area contributed by atoms with E-state index >= 15 is 0 Å². The third-order valence-electron chi connectivity index (χ3n) is 4.76. The minimum atomic E-state index is 1.28. The van der Waals surface area contributed by atoms with E-state index in [0.717, 1.165) is 0 Å². The summed E-state index contributed by atoms with van der Waals surface area (Å²) in [6, 6.07) is 1.28. The molecular weight excluding hydrogens is 262 g/mol. The van der Waals surface area contributed by atoms with E-state index in [9.17, 15) is 0 Å². The molecule has 0 aromatic carbocycles. The third kappa shape index (κ3) is 6.86. The molecule has 21 heavy (non-hydrogen) atoms. The van der Waals surface area contributed by atoms with E-state index in [1.807, 2.05) is 0 Å². The molecule has 3 aliphatic heterocycles. The summed E-state index contributed by atoms with van der Waals surface area (Å²) in [6.45, 7) is 12.2. The average Bonchev–Trinajstić information content (AvgIpc) is 2.54. The zero-order valence-electron chi connectivity index (χ0n) is 13.4. The van der Waals surface area contributed by atoms with Crippen molar-refractivity contribution in [3.8, 4) is 6.19 Å². The first-order valence-electron chi connectivity index (χ1n) is 8.32. The highest BCUT2D eigenvalue weighted by molar-refractivity contribution is 5.46. The van der Waals surface area contributed by atoms with Crippen molar-refractivity contribution in [1.82, 2.24) is 4.90 Å². The van der Waals surface area contributed by atoms with Crippen molar-refractivity contribution in [2.45, 2.75) is 45.4 Å². The van der Waals surface area contributed by atoms with Gasteiger partial charge in [-0.25, -0.2) is 0 Å². The summed E-state index contributed by atoms with van der Waals surface area (Å²) in [5, 5.41) is 14.9. The zero-order chi connectivity index (χ0) is 15.4. The van der Waals surface area contributed by atoms with Crippen LogP contribution in [0.15, 0.2) is 4.99 Å². The number of rotatable bonds is 7. The number of fused-ring (bicyclic) bond motifs is 3. The molecule has 0 unspecified atom stereocenters. The molecular formula is C16H29N5. The normalized spacial score (nSPS) is 26.2. The molecule has 3 fully saturated rings. The van der Waals surface area contributed by atoms with Crippen molar-refractivity contribution in [2.24, 2.45) is 4.99 Å². The van der Waals surface area contributed by atoms with E-state index < -0.39 is 0 Å². The van der Waals surface area contributed by atoms with Gasteiger partial charge in [0, 0.05) is 19.6 Å². The van der Waals surface area contributed by atoms with Gasteiger partial charge in [-0.1, -0.05) is 32.6 Å². The molecule has 118 valence electrons. The molecule has 3 heterocycles. The van der Waals surface area contributed by atoms with E-state index in [0.29, 0.717) is 0 Å². The van der Waals surface area contributed by atoms with Crippen LogP contribution in [-0.4, -0.2) is 61.2 Å². The van der Waals surface area contributed by atoms with Crippen LogP contribution in [0.2, 0.25) is 0 Å². The fraction of sp³-hybridized carbons (Fsp3) is 0.875. The van der Waals surface area contributed by atoms with Crippen LogP contribution in [0.3, 0.4) is 0 Å². The summed E-state index contributed by atoms with van der Waals surface area (Å²) in [6.07, 6.45) is 9.98. The number of hydrogen-bond donors (Lipinski definition) is 0. The standard InChI is InChI=1S/C14H29N2.C2N3/c1-2-3-4-5-6-7-11-16-12-8-15(9-13-16)10-14-16;3-1-5-2-4/h2-14H2,1H3;/q+1;-1. The van der Waals surface area contributed by atoms with Crippen molar-refractivity contribution >= 4 is 6.01 Å². The molecule has 0 N–H and O–H groups in total. The number of nitrogens with zero attached hydrogens (tertiary/aromatic N) is 5. The summed E-state index contributed by atoms with van der Waals surface area (Å²) in [5.41, 5.74) is 0. The first-order valence-corrected chi connectivity index (χ1v) is 8.32. The van der Waals surface area contributed by atoms with E-state index in [1.54, 1.807) is 0 Å². The first kappa shape index (κ1) is 17.8. The lowest BCUT2D eigenvalue weighted by Crippen LogP contribution is -2.67. The van der Waals surface area contributed by atoms with Crippen LogP contribution in [0.1, 0.15) is 45.4 Å². The van der Waals surface area contributed by atoms with Crippen molar-refractivity contribution < 1.29 is 4.48 Å². The highest BCUT2D eigenvalue weighted by Gasteiger charge is 2.37. The third-order valence-corrected chi connectivity index (χ3v) is 4.76. The highest BCUT2D eigenvalue weighted by Crippen LogP contribution is 2.20. The topological polar surface area (TPSA) is 61.7 Å². The highest BCUT2D eigenvalue weighted by atomic mass is 15.4. The molecule has 5 heteroatoms. The summed E-state index contributed by atoms with van der Waals surface area (Å²) in [5.74, 6) is 0. The number of aliphatic imine (C=N–C) groups is 1. The van der Waals surface area contributed by atoms with Gasteiger partial charge in [-0.05, 0) is 12.8 Å². The Bertz CT molecular complexity index is 346. The number of unbranched alkanes of at least 4 members (excludes halogenated alkanes) is 5. The zero-order valence-corrected chi connectivity index (χ0v) is 13.4. The number of quaternary nitrogens is 1. The number of nitriles is 1. The van der Waals surface area contributed by atoms with Gasteiger partial charge in [0.05, 0.1) is 32.4 Å². The second-order valence-corrected chi connectivity index (χ2v) is 6.16. The van der Waals surface area contributed by atoms with Gasteiger partial charge in [0.2, 0.25) is 0 Å². The maximum atomic E-state index is 7.43. The van der Waals surface area contributed by atoms with E-state index in [-0.39, 0.29) is 0 Å². The fourth-order valence-electron chi connectivity index (χ4n) is 3.32. The van der Waals surface area contributed by atoms with Crippen LogP contribution in [0.5, 0.6) is 0 Å². The molecule has 3 rings (SSSR count). The summed E-state index contributed by atoms with van der Waals surface area (Å²) >= 11 is 0. The lowest BCUT2D eigenvalue weighted by Gasteiger charge is -2.50. The Hall–Kier alpha value is -1.21. The van der Waals surface area contributed by atoms with Gasteiger partial charge in [0.15, 0.2) is 0 Å². The van der Waals surface area contributed by atoms with E-state index in [1.165, 1.54) is 101 Å². The molecule has 0 amide bonds. The number of piperazine rings is 3. The second kappa shape index (κ2) is 10.5. The smallest absolute Gasteiger partial charge is 0.0925 e. The summed E-state index contributed by atoms with van der Waals surface area (Å²) < 4.78 is 1.46. The molecule has 0 radical (unpaired) electrons. The van der Waals surface area contributed by atoms with Crippen LogP contribution in [0.25, 0.3) is 5.41 Å². The fourth-order valence-corrected chi connectivity index (χ4v) is 3.32. The van der Waals surface area contributed by atoms with Gasteiger partial charge in [-0.3, -0.25) is 4.90 Å². The molecule has 3 aliphatic rings. The molecule has 0 aromatic rings. The Labute approximate surface area is 129 Å². The Morgan fingerprint density at radius 1 is 1.05 bits per heavy atom. The van der Waals surface area contributed by atoms with Gasteiger partial charge < -0.3 is 14.9 Å². The molecule has 5 nitrogen and oxygen atoms in total. The largest absolute Gasteiger partial charge is 0.422 e. The predicted molar refractivity (Wildman–Crippen MR) is 86.0 cm³/mol. The van der Waals surface area contributed by atoms with Gasteiger partial charge in [0.1, 0.15) is 0 Å². The van der Waals surface area contributed by atoms with Gasteiger partial charge >= 0.3 is 0 Å². The lowest BCUT2D eigenvalue weighted by molar-refractivity contribution is -0.941. The monoisotopic (exact) mass is 291 g/mol. The van der Waals surface area contributed by atoms with Crippen molar-refractivity contribution in [2.75, 3.05) is 45.8 Å². The maximum absolute atomic E-state index is 7.43. The minimum absolute atomic E-state index is 1.28. The van der Waals surface area contributed by atoms with E-state index in [2.05, 4.69) is 16.8 Å². The van der Waals surface area contributed by atoms with Crippen molar-refractivity contribution in [1.29, 1.82) is 5.26 Å². The first-order chi connectivity index (χ1) is 10.3. The van der Waals surface area contributed by atoms with Crippen molar-refractivity contribution in [3.63, 3.8) is 0 Å². The lowest BCUT2D eigenvalue weighted by atomic mass is 10.1.